The lowest BCUT2D eigenvalue weighted by Gasteiger charge is -2.25. The van der Waals surface area contributed by atoms with Gasteiger partial charge in [0.25, 0.3) is 5.91 Å². The number of fused-ring (bicyclic) bond motifs is 1. The Hall–Kier alpha value is -4.92. The molecule has 1 heterocycles. The third kappa shape index (κ3) is 7.13. The van der Waals surface area contributed by atoms with E-state index >= 15 is 0 Å². The van der Waals surface area contributed by atoms with Gasteiger partial charge in [0.15, 0.2) is 0 Å². The molecule has 2 atom stereocenters. The first-order chi connectivity index (χ1) is 19.4. The number of carbonyl (C=O) groups is 5. The molecule has 3 aromatic carbocycles. The lowest BCUT2D eigenvalue weighted by molar-refractivity contribution is -0.128. The average molecular weight is 539 g/mol. The third-order valence-electron chi connectivity index (χ3n) is 6.36. The lowest BCUT2D eigenvalue weighted by Crippen LogP contribution is -2.51. The van der Waals surface area contributed by atoms with Gasteiger partial charge >= 0.3 is 0 Å². The number of nitrogens with zero attached hydrogens (tertiary/aromatic N) is 2. The highest BCUT2D eigenvalue weighted by molar-refractivity contribution is 6.21. The molecule has 0 saturated heterocycles. The van der Waals surface area contributed by atoms with Crippen molar-refractivity contribution in [1.29, 1.82) is 0 Å². The predicted octanol–water partition coefficient (Wildman–Crippen LogP) is 2.61. The van der Waals surface area contributed by atoms with E-state index in [4.69, 9.17) is 4.99 Å². The molecule has 0 radical (unpaired) electrons. The summed E-state index contributed by atoms with van der Waals surface area (Å²) in [4.78, 5) is 68.6. The van der Waals surface area contributed by atoms with Gasteiger partial charge in [-0.1, -0.05) is 78.9 Å². The second-order valence-corrected chi connectivity index (χ2v) is 9.46. The number of amides is 3. The molecule has 4 rings (SSSR count). The molecule has 0 fully saturated rings. The number of carbonyl (C=O) groups excluding carboxylic acids is 5. The number of benzene rings is 3. The summed E-state index contributed by atoms with van der Waals surface area (Å²) in [5, 5.41) is 5.25. The molecule has 0 aromatic heterocycles. The summed E-state index contributed by atoms with van der Waals surface area (Å²) in [5.74, 6) is -1.85. The quantitative estimate of drug-likeness (QED) is 0.363. The van der Waals surface area contributed by atoms with Gasteiger partial charge in [-0.3, -0.25) is 24.1 Å². The second kappa shape index (κ2) is 13.2. The Labute approximate surface area is 232 Å². The number of hydrogen-bond acceptors (Lipinski definition) is 6. The van der Waals surface area contributed by atoms with Crippen molar-refractivity contribution in [2.75, 3.05) is 11.4 Å². The fourth-order valence-electron chi connectivity index (χ4n) is 4.48. The van der Waals surface area contributed by atoms with Crippen molar-refractivity contribution in [3.05, 3.63) is 102 Å². The van der Waals surface area contributed by atoms with Crippen LogP contribution in [0.5, 0.6) is 0 Å². The smallest absolute Gasteiger partial charge is 0.272 e. The van der Waals surface area contributed by atoms with Crippen LogP contribution in [-0.2, 0) is 30.4 Å². The second-order valence-electron chi connectivity index (χ2n) is 9.46. The number of Topliss-reactive ketones (excluding diaryl/α,β-unsaturated/α-hetero) is 1. The molecule has 1 unspecified atom stereocenters. The summed E-state index contributed by atoms with van der Waals surface area (Å²) >= 11 is 0. The van der Waals surface area contributed by atoms with Crippen molar-refractivity contribution < 1.29 is 24.0 Å². The largest absolute Gasteiger partial charge is 0.345 e. The van der Waals surface area contributed by atoms with E-state index in [1.165, 1.54) is 11.8 Å². The van der Waals surface area contributed by atoms with Crippen molar-refractivity contribution in [3.63, 3.8) is 0 Å². The number of rotatable bonds is 11. The molecular weight excluding hydrogens is 508 g/mol. The van der Waals surface area contributed by atoms with E-state index in [9.17, 15) is 24.0 Å². The van der Waals surface area contributed by atoms with E-state index in [0.29, 0.717) is 29.7 Å². The molecule has 0 aliphatic carbocycles. The van der Waals surface area contributed by atoms with Crippen LogP contribution in [0.25, 0.3) is 0 Å². The van der Waals surface area contributed by atoms with Gasteiger partial charge in [0.05, 0.1) is 17.4 Å². The zero-order valence-electron chi connectivity index (χ0n) is 22.1. The van der Waals surface area contributed by atoms with Gasteiger partial charge < -0.3 is 15.4 Å². The number of aldehydes is 1. The van der Waals surface area contributed by atoms with Gasteiger partial charge in [-0.2, -0.15) is 0 Å². The lowest BCUT2D eigenvalue weighted by atomic mass is 10.0. The Morgan fingerprint density at radius 1 is 0.925 bits per heavy atom. The predicted molar refractivity (Wildman–Crippen MR) is 151 cm³/mol. The van der Waals surface area contributed by atoms with Gasteiger partial charge in [-0.25, -0.2) is 4.99 Å². The molecule has 3 amide bonds. The fraction of sp³-hybridized carbons (Fsp3) is 0.226. The molecule has 9 nitrogen and oxygen atoms in total. The van der Waals surface area contributed by atoms with Crippen molar-refractivity contribution >= 4 is 41.2 Å². The molecule has 204 valence electrons. The number of aryl methyl sites for hydroxylation is 1. The molecule has 2 N–H and O–H groups in total. The minimum absolute atomic E-state index is 0.142. The maximum absolute atomic E-state index is 13.9. The molecule has 0 saturated carbocycles. The van der Waals surface area contributed by atoms with Crippen LogP contribution in [0, 0.1) is 0 Å². The molecule has 0 spiro atoms. The summed E-state index contributed by atoms with van der Waals surface area (Å²) in [6.45, 7) is 0.886. The number of nitrogens with one attached hydrogen (secondary N) is 2. The van der Waals surface area contributed by atoms with Gasteiger partial charge in [0.2, 0.25) is 18.0 Å². The highest BCUT2D eigenvalue weighted by atomic mass is 16.2. The zero-order chi connectivity index (χ0) is 28.5. The van der Waals surface area contributed by atoms with Crippen LogP contribution in [0.3, 0.4) is 0 Å². The SMILES string of the molecule is CC(=O)C[C@@H](C=O)NC(=O)CN1C(=O)C(NC(=O)CCc2ccccc2)N=C(c2ccccc2)c2ccccc21. The summed E-state index contributed by atoms with van der Waals surface area (Å²) in [7, 11) is 0. The first-order valence-corrected chi connectivity index (χ1v) is 13.0. The van der Waals surface area contributed by atoms with Crippen LogP contribution in [0.4, 0.5) is 5.69 Å². The van der Waals surface area contributed by atoms with E-state index in [2.05, 4.69) is 10.6 Å². The van der Waals surface area contributed by atoms with E-state index in [0.717, 1.165) is 11.1 Å². The number of anilines is 1. The first kappa shape index (κ1) is 28.1. The van der Waals surface area contributed by atoms with Gasteiger partial charge in [-0.15, -0.1) is 0 Å². The molecular formula is C31H30N4O5. The van der Waals surface area contributed by atoms with Crippen LogP contribution in [-0.4, -0.2) is 54.3 Å². The number of benzodiazepines with no additional fused rings is 1. The maximum Gasteiger partial charge on any atom is 0.272 e. The Morgan fingerprint density at radius 2 is 1.57 bits per heavy atom. The minimum Gasteiger partial charge on any atom is -0.345 e. The molecule has 3 aromatic rings. The topological polar surface area (TPSA) is 125 Å². The van der Waals surface area contributed by atoms with Crippen LogP contribution in [0.1, 0.15) is 36.5 Å². The molecule has 0 bridgehead atoms. The number of para-hydroxylation sites is 1. The highest BCUT2D eigenvalue weighted by Crippen LogP contribution is 2.28. The van der Waals surface area contributed by atoms with Gasteiger partial charge in [-0.05, 0) is 25.0 Å². The monoisotopic (exact) mass is 538 g/mol. The fourth-order valence-corrected chi connectivity index (χ4v) is 4.48. The standard InChI is InChI=1S/C31H30N4O5/c1-21(37)18-24(20-36)32-28(39)19-35-26-15-9-8-14-25(26)29(23-12-6-3-7-13-23)34-30(31(35)40)33-27(38)17-16-22-10-4-2-5-11-22/h2-15,20,24,30H,16-19H2,1H3,(H,32,39)(H,33,38)/t24-,30?/m0/s1. The summed E-state index contributed by atoms with van der Waals surface area (Å²) < 4.78 is 0. The van der Waals surface area contributed by atoms with Crippen LogP contribution >= 0.6 is 0 Å². The van der Waals surface area contributed by atoms with Crippen molar-refractivity contribution in [2.24, 2.45) is 4.99 Å². The summed E-state index contributed by atoms with van der Waals surface area (Å²) in [6, 6.07) is 24.8. The molecule has 1 aliphatic heterocycles. The van der Waals surface area contributed by atoms with E-state index in [1.54, 1.807) is 24.3 Å². The zero-order valence-corrected chi connectivity index (χ0v) is 22.1. The van der Waals surface area contributed by atoms with Crippen molar-refractivity contribution in [1.82, 2.24) is 10.6 Å². The number of ketones is 1. The molecule has 40 heavy (non-hydrogen) atoms. The minimum atomic E-state index is -1.29. The highest BCUT2D eigenvalue weighted by Gasteiger charge is 2.34. The van der Waals surface area contributed by atoms with E-state index in [1.807, 2.05) is 60.7 Å². The summed E-state index contributed by atoms with van der Waals surface area (Å²) in [6.07, 6.45) is -0.329. The average Bonchev–Trinajstić information content (AvgIpc) is 3.07. The first-order valence-electron chi connectivity index (χ1n) is 13.0. The van der Waals surface area contributed by atoms with Gasteiger partial charge in [0.1, 0.15) is 18.6 Å². The van der Waals surface area contributed by atoms with Gasteiger partial charge in [0, 0.05) is 24.0 Å². The van der Waals surface area contributed by atoms with E-state index in [-0.39, 0.29) is 24.5 Å². The Morgan fingerprint density at radius 3 is 2.25 bits per heavy atom. The maximum atomic E-state index is 13.9. The molecule has 9 heteroatoms. The normalized spacial score (nSPS) is 15.2. The Balaban J connectivity index is 1.65. The van der Waals surface area contributed by atoms with E-state index < -0.39 is 30.6 Å². The summed E-state index contributed by atoms with van der Waals surface area (Å²) in [5.41, 5.74) is 3.25. The van der Waals surface area contributed by atoms with Crippen LogP contribution in [0.15, 0.2) is 89.9 Å². The Bertz CT molecular complexity index is 1420. The van der Waals surface area contributed by atoms with Crippen molar-refractivity contribution in [2.45, 2.75) is 38.4 Å². The third-order valence-corrected chi connectivity index (χ3v) is 6.36. The van der Waals surface area contributed by atoms with Crippen molar-refractivity contribution in [3.8, 4) is 0 Å². The number of hydrogen-bond donors (Lipinski definition) is 2. The van der Waals surface area contributed by atoms with Crippen LogP contribution < -0.4 is 15.5 Å². The van der Waals surface area contributed by atoms with Crippen LogP contribution in [0.2, 0.25) is 0 Å². The number of aliphatic imine (C=N–C) groups is 1. The molecule has 1 aliphatic rings. The Kier molecular flexibility index (Phi) is 9.30.